The Bertz CT molecular complexity index is 1510. The maximum absolute atomic E-state index is 13.2. The van der Waals surface area contributed by atoms with Gasteiger partial charge < -0.3 is 4.42 Å². The molecule has 176 valence electrons. The summed E-state index contributed by atoms with van der Waals surface area (Å²) in [5.74, 6) is -0.329. The number of nitriles is 1. The Kier molecular flexibility index (Phi) is 6.51. The molecule has 2 aromatic carbocycles. The third-order valence-corrected chi connectivity index (χ3v) is 6.60. The van der Waals surface area contributed by atoms with Gasteiger partial charge in [-0.3, -0.25) is 14.5 Å². The number of nitrogens with two attached hydrogens (primary N) is 1. The van der Waals surface area contributed by atoms with E-state index < -0.39 is 21.8 Å². The Labute approximate surface area is 202 Å². The number of sulfonamides is 1. The average Bonchev–Trinajstić information content (AvgIpc) is 3.31. The number of rotatable bonds is 6. The van der Waals surface area contributed by atoms with E-state index in [2.05, 4.69) is 0 Å². The molecule has 0 unspecified atom stereocenters. The van der Waals surface area contributed by atoms with Crippen molar-refractivity contribution in [3.8, 4) is 17.4 Å². The maximum atomic E-state index is 13.2. The number of carbonyl (C=O) groups excluding carboxylic acids is 2. The highest BCUT2D eigenvalue weighted by atomic mass is 32.2. The molecule has 0 bridgehead atoms. The quantitative estimate of drug-likeness (QED) is 0.418. The molecule has 1 aromatic heterocycles. The molecule has 1 aliphatic rings. The smallest absolute Gasteiger partial charge is 0.271 e. The van der Waals surface area contributed by atoms with Gasteiger partial charge in [-0.25, -0.2) is 13.6 Å². The predicted octanol–water partition coefficient (Wildman–Crippen LogP) is 3.43. The van der Waals surface area contributed by atoms with Crippen LogP contribution in [-0.4, -0.2) is 31.7 Å². The minimum atomic E-state index is -3.81. The van der Waals surface area contributed by atoms with E-state index in [9.17, 15) is 23.3 Å². The minimum Gasteiger partial charge on any atom is -0.457 e. The molecule has 2 amide bonds. The van der Waals surface area contributed by atoms with Crippen molar-refractivity contribution in [1.29, 1.82) is 5.26 Å². The molecule has 0 fully saturated rings. The van der Waals surface area contributed by atoms with Crippen LogP contribution in [0, 0.1) is 11.3 Å². The summed E-state index contributed by atoms with van der Waals surface area (Å²) in [4.78, 5) is 27.1. The number of imide groups is 1. The number of benzene rings is 2. The van der Waals surface area contributed by atoms with Gasteiger partial charge in [0.2, 0.25) is 10.0 Å². The molecule has 0 spiro atoms. The van der Waals surface area contributed by atoms with E-state index in [0.717, 1.165) is 10.5 Å². The molecule has 4 rings (SSSR count). The number of furan rings is 1. The van der Waals surface area contributed by atoms with Gasteiger partial charge in [0.05, 0.1) is 4.90 Å². The van der Waals surface area contributed by atoms with Crippen molar-refractivity contribution in [2.45, 2.75) is 18.2 Å². The Morgan fingerprint density at radius 3 is 2.31 bits per heavy atom. The molecule has 0 aliphatic carbocycles. The highest BCUT2D eigenvalue weighted by Gasteiger charge is 2.35. The molecule has 2 heterocycles. The zero-order chi connectivity index (χ0) is 25.2. The zero-order valence-electron chi connectivity index (χ0n) is 18.8. The normalized spacial score (nSPS) is 15.6. The second kappa shape index (κ2) is 9.54. The summed E-state index contributed by atoms with van der Waals surface area (Å²) in [5.41, 5.74) is 1.97. The van der Waals surface area contributed by atoms with E-state index in [1.165, 1.54) is 18.2 Å². The van der Waals surface area contributed by atoms with Gasteiger partial charge in [0.25, 0.3) is 11.8 Å². The molecular weight excluding hydrogens is 466 g/mol. The molecular formula is C26H21N3O5S. The second-order valence-electron chi connectivity index (χ2n) is 7.94. The Morgan fingerprint density at radius 1 is 1.00 bits per heavy atom. The van der Waals surface area contributed by atoms with E-state index in [1.807, 2.05) is 36.4 Å². The Hall–Kier alpha value is -4.26. The molecule has 0 saturated heterocycles. The zero-order valence-corrected chi connectivity index (χ0v) is 19.6. The van der Waals surface area contributed by atoms with Crippen molar-refractivity contribution < 1.29 is 22.4 Å². The number of carbonyl (C=O) groups is 2. The van der Waals surface area contributed by atoms with Crippen LogP contribution in [0.5, 0.6) is 0 Å². The summed E-state index contributed by atoms with van der Waals surface area (Å²) >= 11 is 0. The second-order valence-corrected chi connectivity index (χ2v) is 9.50. The molecule has 0 radical (unpaired) electrons. The SMILES string of the molecule is CC1=C(C#N)C(=O)N(CCc2ccccc2)C(=O)/C1=C/c1ccc(-c2ccc(S(N)(=O)=O)cc2)o1. The summed E-state index contributed by atoms with van der Waals surface area (Å²) in [6.45, 7) is 1.70. The number of hydrogen-bond acceptors (Lipinski definition) is 6. The van der Waals surface area contributed by atoms with Crippen LogP contribution in [0.25, 0.3) is 17.4 Å². The van der Waals surface area contributed by atoms with Crippen molar-refractivity contribution in [2.24, 2.45) is 5.14 Å². The molecule has 9 heteroatoms. The fourth-order valence-electron chi connectivity index (χ4n) is 3.76. The highest BCUT2D eigenvalue weighted by molar-refractivity contribution is 7.89. The van der Waals surface area contributed by atoms with Crippen molar-refractivity contribution in [3.05, 3.63) is 94.8 Å². The molecule has 0 atom stereocenters. The van der Waals surface area contributed by atoms with Crippen LogP contribution in [0.3, 0.4) is 0 Å². The van der Waals surface area contributed by atoms with Gasteiger partial charge in [0, 0.05) is 17.7 Å². The number of nitrogens with zero attached hydrogens (tertiary/aromatic N) is 2. The van der Waals surface area contributed by atoms with Gasteiger partial charge >= 0.3 is 0 Å². The van der Waals surface area contributed by atoms with Crippen molar-refractivity contribution in [3.63, 3.8) is 0 Å². The largest absolute Gasteiger partial charge is 0.457 e. The molecule has 35 heavy (non-hydrogen) atoms. The van der Waals surface area contributed by atoms with E-state index in [0.29, 0.717) is 23.5 Å². The molecule has 8 nitrogen and oxygen atoms in total. The third kappa shape index (κ3) is 4.99. The molecule has 1 aliphatic heterocycles. The topological polar surface area (TPSA) is 134 Å². The van der Waals surface area contributed by atoms with E-state index in [1.54, 1.807) is 31.2 Å². The fraction of sp³-hybridized carbons (Fsp3) is 0.115. The van der Waals surface area contributed by atoms with Crippen LogP contribution in [0.1, 0.15) is 18.2 Å². The summed E-state index contributed by atoms with van der Waals surface area (Å²) in [5, 5.41) is 14.7. The molecule has 2 N–H and O–H groups in total. The molecule has 3 aromatic rings. The van der Waals surface area contributed by atoms with Crippen LogP contribution in [0.2, 0.25) is 0 Å². The summed E-state index contributed by atoms with van der Waals surface area (Å²) in [6.07, 6.45) is 1.96. The van der Waals surface area contributed by atoms with Gasteiger partial charge in [-0.1, -0.05) is 30.3 Å². The van der Waals surface area contributed by atoms with Crippen molar-refractivity contribution in [2.75, 3.05) is 6.54 Å². The fourth-order valence-corrected chi connectivity index (χ4v) is 4.27. The maximum Gasteiger partial charge on any atom is 0.271 e. The van der Waals surface area contributed by atoms with Crippen LogP contribution >= 0.6 is 0 Å². The first-order valence-corrected chi connectivity index (χ1v) is 12.2. The first-order valence-electron chi connectivity index (χ1n) is 10.7. The Morgan fingerprint density at radius 2 is 1.69 bits per heavy atom. The third-order valence-electron chi connectivity index (χ3n) is 5.67. The van der Waals surface area contributed by atoms with Gasteiger partial charge in [0.1, 0.15) is 23.2 Å². The van der Waals surface area contributed by atoms with Gasteiger partial charge in [-0.2, -0.15) is 5.26 Å². The molecule has 0 saturated carbocycles. The number of hydrogen-bond donors (Lipinski definition) is 1. The lowest BCUT2D eigenvalue weighted by Gasteiger charge is -2.27. The standard InChI is InChI=1S/C26H21N3O5S/c1-17-22(15-20-9-12-24(34-20)19-7-10-21(11-8-19)35(28,32)33)25(30)29(26(31)23(17)16-27)14-13-18-5-3-2-4-6-18/h2-12,15H,13-14H2,1H3,(H2,28,32,33)/b22-15+. The van der Waals surface area contributed by atoms with E-state index in [4.69, 9.17) is 9.56 Å². The summed E-state index contributed by atoms with van der Waals surface area (Å²) < 4.78 is 28.7. The minimum absolute atomic E-state index is 0.0204. The van der Waals surface area contributed by atoms with Gasteiger partial charge in [-0.15, -0.1) is 0 Å². The lowest BCUT2D eigenvalue weighted by Crippen LogP contribution is -2.43. The van der Waals surface area contributed by atoms with Crippen molar-refractivity contribution in [1.82, 2.24) is 4.90 Å². The predicted molar refractivity (Wildman–Crippen MR) is 129 cm³/mol. The monoisotopic (exact) mass is 487 g/mol. The Balaban J connectivity index is 1.63. The van der Waals surface area contributed by atoms with E-state index in [-0.39, 0.29) is 28.2 Å². The summed E-state index contributed by atoms with van der Waals surface area (Å²) in [6, 6.07) is 20.6. The lowest BCUT2D eigenvalue weighted by atomic mass is 9.94. The average molecular weight is 488 g/mol. The van der Waals surface area contributed by atoms with Crippen LogP contribution in [0.15, 0.2) is 92.8 Å². The first-order chi connectivity index (χ1) is 16.7. The van der Waals surface area contributed by atoms with E-state index >= 15 is 0 Å². The number of amides is 2. The van der Waals surface area contributed by atoms with Crippen LogP contribution < -0.4 is 5.14 Å². The number of primary sulfonamides is 1. The van der Waals surface area contributed by atoms with Gasteiger partial charge in [0.15, 0.2) is 0 Å². The van der Waals surface area contributed by atoms with Crippen molar-refractivity contribution >= 4 is 27.9 Å². The summed E-state index contributed by atoms with van der Waals surface area (Å²) in [7, 11) is -3.81. The highest BCUT2D eigenvalue weighted by Crippen LogP contribution is 2.29. The van der Waals surface area contributed by atoms with Gasteiger partial charge in [-0.05, 0) is 67.0 Å². The lowest BCUT2D eigenvalue weighted by molar-refractivity contribution is -0.140. The van der Waals surface area contributed by atoms with Crippen LogP contribution in [-0.2, 0) is 26.0 Å². The van der Waals surface area contributed by atoms with Crippen LogP contribution in [0.4, 0.5) is 0 Å². The first kappa shape index (κ1) is 23.9.